The molecule has 23 heavy (non-hydrogen) atoms. The summed E-state index contributed by atoms with van der Waals surface area (Å²) in [5.41, 5.74) is 16.6. The second kappa shape index (κ2) is 5.06. The molecule has 0 unspecified atom stereocenters. The van der Waals surface area contributed by atoms with Crippen molar-refractivity contribution in [3.8, 4) is 11.1 Å². The summed E-state index contributed by atoms with van der Waals surface area (Å²) in [6.07, 6.45) is 2.35. The van der Waals surface area contributed by atoms with E-state index in [4.69, 9.17) is 16.5 Å². The fourth-order valence-electron chi connectivity index (χ4n) is 2.87. The lowest BCUT2D eigenvalue weighted by molar-refractivity contribution is 0.100. The first-order valence-electron chi connectivity index (χ1n) is 7.64. The van der Waals surface area contributed by atoms with Crippen molar-refractivity contribution in [2.45, 2.75) is 25.7 Å². The molecule has 5 heteroatoms. The number of anilines is 1. The number of nitrogens with two attached hydrogens (primary N) is 2. The van der Waals surface area contributed by atoms with Crippen molar-refractivity contribution in [3.63, 3.8) is 0 Å². The number of rotatable bonds is 3. The first-order valence-corrected chi connectivity index (χ1v) is 8.46. The summed E-state index contributed by atoms with van der Waals surface area (Å²) >= 11 is 1.29. The number of nitrogens with zero attached hydrogens (tertiary/aromatic N) is 1. The van der Waals surface area contributed by atoms with Gasteiger partial charge in [0.05, 0.1) is 5.69 Å². The predicted molar refractivity (Wildman–Crippen MR) is 94.7 cm³/mol. The highest BCUT2D eigenvalue weighted by molar-refractivity contribution is 7.21. The van der Waals surface area contributed by atoms with E-state index in [1.165, 1.54) is 29.7 Å². The molecule has 2 heterocycles. The Balaban J connectivity index is 2.03. The van der Waals surface area contributed by atoms with Crippen LogP contribution in [-0.2, 0) is 0 Å². The fraction of sp³-hybridized carbons (Fsp3) is 0.222. The van der Waals surface area contributed by atoms with Crippen molar-refractivity contribution >= 4 is 33.1 Å². The number of carbonyl (C=O) groups excluding carboxylic acids is 1. The minimum atomic E-state index is -0.492. The Hall–Kier alpha value is -2.40. The van der Waals surface area contributed by atoms with Gasteiger partial charge in [-0.15, -0.1) is 11.3 Å². The predicted octanol–water partition coefficient (Wildman–Crippen LogP) is 3.83. The highest BCUT2D eigenvalue weighted by Gasteiger charge is 2.28. The van der Waals surface area contributed by atoms with Gasteiger partial charge in [-0.2, -0.15) is 0 Å². The minimum Gasteiger partial charge on any atom is -0.397 e. The molecule has 3 aromatic rings. The van der Waals surface area contributed by atoms with Crippen molar-refractivity contribution < 1.29 is 4.79 Å². The van der Waals surface area contributed by atoms with E-state index in [0.717, 1.165) is 27.0 Å². The molecule has 1 saturated carbocycles. The van der Waals surface area contributed by atoms with Crippen molar-refractivity contribution in [1.29, 1.82) is 0 Å². The molecule has 1 amide bonds. The second-order valence-corrected chi connectivity index (χ2v) is 7.12. The number of aromatic nitrogens is 1. The third-order valence-corrected chi connectivity index (χ3v) is 5.41. The van der Waals surface area contributed by atoms with Gasteiger partial charge < -0.3 is 11.5 Å². The number of primary amides is 1. The first-order chi connectivity index (χ1) is 11.0. The lowest BCUT2D eigenvalue weighted by Gasteiger charge is -2.08. The van der Waals surface area contributed by atoms with Gasteiger partial charge in [0, 0.05) is 17.0 Å². The number of carbonyl (C=O) groups is 1. The van der Waals surface area contributed by atoms with E-state index in [0.29, 0.717) is 16.5 Å². The monoisotopic (exact) mass is 323 g/mol. The lowest BCUT2D eigenvalue weighted by atomic mass is 9.99. The summed E-state index contributed by atoms with van der Waals surface area (Å²) < 4.78 is 0. The number of amides is 1. The number of hydrogen-bond acceptors (Lipinski definition) is 4. The largest absolute Gasteiger partial charge is 0.397 e. The Kier molecular flexibility index (Phi) is 3.13. The van der Waals surface area contributed by atoms with Crippen LogP contribution in [-0.4, -0.2) is 10.9 Å². The molecule has 0 saturated heterocycles. The summed E-state index contributed by atoms with van der Waals surface area (Å²) in [4.78, 5) is 17.6. The molecule has 1 aromatic carbocycles. The van der Waals surface area contributed by atoms with Crippen molar-refractivity contribution in [1.82, 2.24) is 4.98 Å². The maximum atomic E-state index is 11.6. The maximum absolute atomic E-state index is 11.6. The smallest absolute Gasteiger partial charge is 0.260 e. The van der Waals surface area contributed by atoms with E-state index in [1.807, 2.05) is 0 Å². The Morgan fingerprint density at radius 2 is 1.96 bits per heavy atom. The molecule has 1 fully saturated rings. The first kappa shape index (κ1) is 14.2. The summed E-state index contributed by atoms with van der Waals surface area (Å²) in [5, 5.41) is 0.844. The van der Waals surface area contributed by atoms with Crippen molar-refractivity contribution in [2.75, 3.05) is 5.73 Å². The van der Waals surface area contributed by atoms with Gasteiger partial charge >= 0.3 is 0 Å². The van der Waals surface area contributed by atoms with Gasteiger partial charge in [0.2, 0.25) is 0 Å². The molecule has 0 bridgehead atoms. The van der Waals surface area contributed by atoms with Crippen LogP contribution in [0.4, 0.5) is 5.69 Å². The Morgan fingerprint density at radius 3 is 2.57 bits per heavy atom. The van der Waals surface area contributed by atoms with Gasteiger partial charge in [-0.25, -0.2) is 4.98 Å². The molecule has 2 aromatic heterocycles. The minimum absolute atomic E-state index is 0.397. The van der Waals surface area contributed by atoms with E-state index in [1.54, 1.807) is 0 Å². The topological polar surface area (TPSA) is 82.0 Å². The maximum Gasteiger partial charge on any atom is 0.260 e. The highest BCUT2D eigenvalue weighted by atomic mass is 32.1. The summed E-state index contributed by atoms with van der Waals surface area (Å²) in [7, 11) is 0. The molecule has 4 nitrogen and oxygen atoms in total. The van der Waals surface area contributed by atoms with Gasteiger partial charge in [0.1, 0.15) is 9.71 Å². The average Bonchev–Trinajstić information content (AvgIpc) is 3.32. The molecule has 0 aliphatic heterocycles. The molecule has 0 radical (unpaired) electrons. The third kappa shape index (κ3) is 2.37. The molecule has 4 rings (SSSR count). The molecule has 0 atom stereocenters. The zero-order chi connectivity index (χ0) is 16.1. The van der Waals surface area contributed by atoms with Gasteiger partial charge in [0.25, 0.3) is 5.91 Å². The summed E-state index contributed by atoms with van der Waals surface area (Å²) in [6.45, 7) is 2.06. The Morgan fingerprint density at radius 1 is 1.26 bits per heavy atom. The molecule has 4 N–H and O–H groups in total. The number of benzene rings is 1. The quantitative estimate of drug-likeness (QED) is 0.768. The van der Waals surface area contributed by atoms with Gasteiger partial charge in [0.15, 0.2) is 0 Å². The van der Waals surface area contributed by atoms with Crippen LogP contribution in [0.25, 0.3) is 21.3 Å². The second-order valence-electron chi connectivity index (χ2n) is 6.12. The number of pyridine rings is 1. The molecular weight excluding hydrogens is 306 g/mol. The van der Waals surface area contributed by atoms with Crippen LogP contribution in [0, 0.1) is 6.92 Å². The number of aryl methyl sites for hydroxylation is 1. The zero-order valence-corrected chi connectivity index (χ0v) is 13.6. The van der Waals surface area contributed by atoms with Crippen LogP contribution in [0.15, 0.2) is 30.3 Å². The number of thiophene rings is 1. The van der Waals surface area contributed by atoms with Crippen molar-refractivity contribution in [3.05, 3.63) is 46.5 Å². The lowest BCUT2D eigenvalue weighted by Crippen LogP contribution is -2.10. The number of hydrogen-bond donors (Lipinski definition) is 2. The molecular formula is C18H17N3OS. The van der Waals surface area contributed by atoms with E-state index in [-0.39, 0.29) is 0 Å². The molecule has 1 aliphatic carbocycles. The fourth-order valence-corrected chi connectivity index (χ4v) is 3.85. The van der Waals surface area contributed by atoms with Gasteiger partial charge in [-0.3, -0.25) is 4.79 Å². The number of nitrogen functional groups attached to an aromatic ring is 1. The van der Waals surface area contributed by atoms with Crippen LogP contribution in [0.1, 0.15) is 39.7 Å². The van der Waals surface area contributed by atoms with E-state index in [2.05, 4.69) is 37.3 Å². The van der Waals surface area contributed by atoms with Crippen LogP contribution in [0.3, 0.4) is 0 Å². The van der Waals surface area contributed by atoms with Crippen LogP contribution < -0.4 is 11.5 Å². The van der Waals surface area contributed by atoms with E-state index < -0.39 is 5.91 Å². The normalized spacial score (nSPS) is 14.3. The summed E-state index contributed by atoms with van der Waals surface area (Å²) in [5.74, 6) is 0.0391. The van der Waals surface area contributed by atoms with Crippen LogP contribution in [0.5, 0.6) is 0 Å². The highest BCUT2D eigenvalue weighted by Crippen LogP contribution is 2.45. The van der Waals surface area contributed by atoms with Crippen LogP contribution >= 0.6 is 11.3 Å². The number of fused-ring (bicyclic) bond motifs is 1. The van der Waals surface area contributed by atoms with Gasteiger partial charge in [-0.1, -0.05) is 29.8 Å². The van der Waals surface area contributed by atoms with Crippen molar-refractivity contribution in [2.24, 2.45) is 5.73 Å². The summed E-state index contributed by atoms with van der Waals surface area (Å²) in [6, 6.07) is 10.5. The Labute approximate surface area is 138 Å². The molecule has 1 aliphatic rings. The Bertz CT molecular complexity index is 924. The molecule has 116 valence electrons. The van der Waals surface area contributed by atoms with Crippen LogP contribution in [0.2, 0.25) is 0 Å². The standard InChI is InChI=1S/C18H17N3OS/c1-9-2-4-10(5-3-9)12-8-13(11-6-7-11)21-18-14(12)15(19)16(23-18)17(20)22/h2-5,8,11H,6-7,19H2,1H3,(H2,20,22). The average molecular weight is 323 g/mol. The van der Waals surface area contributed by atoms with E-state index in [9.17, 15) is 4.79 Å². The van der Waals surface area contributed by atoms with E-state index >= 15 is 0 Å². The molecule has 0 spiro atoms. The zero-order valence-electron chi connectivity index (χ0n) is 12.8. The van der Waals surface area contributed by atoms with Gasteiger partial charge in [-0.05, 0) is 37.0 Å². The third-order valence-electron chi connectivity index (χ3n) is 4.30. The SMILES string of the molecule is Cc1ccc(-c2cc(C3CC3)nc3sc(C(N)=O)c(N)c23)cc1.